The Morgan fingerprint density at radius 3 is 2.92 bits per heavy atom. The highest BCUT2D eigenvalue weighted by atomic mass is 16.3. The maximum absolute atomic E-state index is 13.0. The monoisotopic (exact) mass is 334 g/mol. The number of rotatable bonds is 3. The molecule has 25 heavy (non-hydrogen) atoms. The molecule has 0 radical (unpaired) electrons. The van der Waals surface area contributed by atoms with E-state index in [-0.39, 0.29) is 18.6 Å². The molecule has 4 nitrogen and oxygen atoms in total. The van der Waals surface area contributed by atoms with Crippen LogP contribution in [0.1, 0.15) is 28.3 Å². The van der Waals surface area contributed by atoms with E-state index in [4.69, 9.17) is 0 Å². The lowest BCUT2D eigenvalue weighted by Crippen LogP contribution is -2.42. The number of hydrogen-bond donors (Lipinski definition) is 2. The number of carbonyl (C=O) groups excluding carboxylic acids is 1. The number of aromatic nitrogens is 1. The minimum absolute atomic E-state index is 0.0459. The predicted molar refractivity (Wildman–Crippen MR) is 98.4 cm³/mol. The molecule has 0 saturated carbocycles. The number of amides is 1. The van der Waals surface area contributed by atoms with Gasteiger partial charge in [0.2, 0.25) is 5.91 Å². The zero-order valence-corrected chi connectivity index (χ0v) is 14.3. The van der Waals surface area contributed by atoms with Gasteiger partial charge in [0, 0.05) is 23.6 Å². The molecule has 2 aromatic carbocycles. The fourth-order valence-corrected chi connectivity index (χ4v) is 3.92. The first-order chi connectivity index (χ1) is 12.2. The van der Waals surface area contributed by atoms with Crippen molar-refractivity contribution in [1.82, 2.24) is 9.88 Å². The van der Waals surface area contributed by atoms with Gasteiger partial charge in [-0.05, 0) is 35.6 Å². The lowest BCUT2D eigenvalue weighted by atomic mass is 9.92. The van der Waals surface area contributed by atoms with Crippen molar-refractivity contribution in [2.45, 2.75) is 25.8 Å². The first kappa shape index (κ1) is 15.9. The normalized spacial score (nSPS) is 16.9. The Morgan fingerprint density at radius 1 is 1.24 bits per heavy atom. The van der Waals surface area contributed by atoms with Gasteiger partial charge in [0.05, 0.1) is 19.1 Å². The van der Waals surface area contributed by atoms with E-state index < -0.39 is 0 Å². The van der Waals surface area contributed by atoms with Gasteiger partial charge in [0.25, 0.3) is 0 Å². The number of aliphatic hydroxyl groups excluding tert-OH is 1. The highest BCUT2D eigenvalue weighted by Gasteiger charge is 2.30. The van der Waals surface area contributed by atoms with E-state index in [1.807, 2.05) is 35.4 Å². The Bertz CT molecular complexity index is 929. The molecule has 1 aliphatic heterocycles. The number of aryl methyl sites for hydroxylation is 1. The van der Waals surface area contributed by atoms with Gasteiger partial charge >= 0.3 is 0 Å². The first-order valence-corrected chi connectivity index (χ1v) is 8.72. The van der Waals surface area contributed by atoms with E-state index in [1.54, 1.807) is 0 Å². The maximum atomic E-state index is 13.0. The number of fused-ring (bicyclic) bond motifs is 2. The molecule has 1 aliphatic rings. The van der Waals surface area contributed by atoms with Gasteiger partial charge in [-0.15, -0.1) is 0 Å². The molecule has 0 saturated heterocycles. The van der Waals surface area contributed by atoms with Crippen molar-refractivity contribution in [2.24, 2.45) is 0 Å². The Hall–Kier alpha value is -2.59. The van der Waals surface area contributed by atoms with Crippen molar-refractivity contribution >= 4 is 16.8 Å². The topological polar surface area (TPSA) is 56.3 Å². The van der Waals surface area contributed by atoms with Crippen molar-refractivity contribution < 1.29 is 9.90 Å². The highest BCUT2D eigenvalue weighted by Crippen LogP contribution is 2.30. The molecule has 128 valence electrons. The minimum atomic E-state index is -0.246. The van der Waals surface area contributed by atoms with Crippen LogP contribution in [0.2, 0.25) is 0 Å². The molecule has 0 bridgehead atoms. The second kappa shape index (κ2) is 6.37. The van der Waals surface area contributed by atoms with E-state index in [2.05, 4.69) is 30.1 Å². The standard InChI is InChI=1S/C21H22N2O2/c1-14-5-4-8-18-16(12-22-21(14)18)11-20(25)23-10-9-15-6-2-3-7-17(15)19(23)13-24/h2-8,12,19,22,24H,9-11,13H2,1H3. The molecule has 1 amide bonds. The molecule has 1 unspecified atom stereocenters. The van der Waals surface area contributed by atoms with Crippen LogP contribution in [0.15, 0.2) is 48.7 Å². The van der Waals surface area contributed by atoms with Crippen molar-refractivity contribution in [3.63, 3.8) is 0 Å². The molecular weight excluding hydrogens is 312 g/mol. The van der Waals surface area contributed by atoms with E-state index in [1.165, 1.54) is 11.1 Å². The van der Waals surface area contributed by atoms with Gasteiger partial charge in [-0.2, -0.15) is 0 Å². The maximum Gasteiger partial charge on any atom is 0.227 e. The zero-order valence-electron chi connectivity index (χ0n) is 14.3. The Labute approximate surface area is 147 Å². The highest BCUT2D eigenvalue weighted by molar-refractivity contribution is 5.90. The zero-order chi connectivity index (χ0) is 17.4. The van der Waals surface area contributed by atoms with Gasteiger partial charge in [-0.3, -0.25) is 4.79 Å². The molecule has 0 fully saturated rings. The summed E-state index contributed by atoms with van der Waals surface area (Å²) >= 11 is 0. The van der Waals surface area contributed by atoms with Crippen molar-refractivity contribution in [3.8, 4) is 0 Å². The summed E-state index contributed by atoms with van der Waals surface area (Å²) in [6, 6.07) is 14.0. The van der Waals surface area contributed by atoms with E-state index >= 15 is 0 Å². The predicted octanol–water partition coefficient (Wildman–Crippen LogP) is 3.14. The van der Waals surface area contributed by atoms with Crippen LogP contribution in [0.4, 0.5) is 0 Å². The van der Waals surface area contributed by atoms with Crippen LogP contribution in [0.3, 0.4) is 0 Å². The quantitative estimate of drug-likeness (QED) is 0.773. The van der Waals surface area contributed by atoms with Gasteiger partial charge in [-0.25, -0.2) is 0 Å². The molecule has 4 heteroatoms. The summed E-state index contributed by atoms with van der Waals surface area (Å²) < 4.78 is 0. The fourth-order valence-electron chi connectivity index (χ4n) is 3.92. The van der Waals surface area contributed by atoms with Crippen molar-refractivity contribution in [2.75, 3.05) is 13.2 Å². The lowest BCUT2D eigenvalue weighted by Gasteiger charge is -2.36. The number of nitrogens with zero attached hydrogens (tertiary/aromatic N) is 1. The number of aromatic amines is 1. The molecule has 0 aliphatic carbocycles. The van der Waals surface area contributed by atoms with Crippen molar-refractivity contribution in [1.29, 1.82) is 0 Å². The fraction of sp³-hybridized carbons (Fsp3) is 0.286. The SMILES string of the molecule is Cc1cccc2c(CC(=O)N3CCc4ccccc4C3CO)c[nH]c12. The first-order valence-electron chi connectivity index (χ1n) is 8.72. The summed E-state index contributed by atoms with van der Waals surface area (Å²) in [5, 5.41) is 11.0. The van der Waals surface area contributed by atoms with Crippen LogP contribution in [0.5, 0.6) is 0 Å². The Kier molecular flexibility index (Phi) is 4.06. The molecule has 3 aromatic rings. The van der Waals surface area contributed by atoms with Crippen LogP contribution in [-0.2, 0) is 17.6 Å². The average Bonchev–Trinajstić information content (AvgIpc) is 3.05. The summed E-state index contributed by atoms with van der Waals surface area (Å²) in [7, 11) is 0. The number of nitrogens with one attached hydrogen (secondary N) is 1. The number of para-hydroxylation sites is 1. The molecule has 2 heterocycles. The third-order valence-corrected chi connectivity index (χ3v) is 5.26. The lowest BCUT2D eigenvalue weighted by molar-refractivity contribution is -0.134. The summed E-state index contributed by atoms with van der Waals surface area (Å²) in [5.41, 5.74) is 5.58. The van der Waals surface area contributed by atoms with Crippen LogP contribution >= 0.6 is 0 Å². The third kappa shape index (κ3) is 2.72. The number of aliphatic hydroxyl groups is 1. The summed E-state index contributed by atoms with van der Waals surface area (Å²) in [6.07, 6.45) is 3.12. The minimum Gasteiger partial charge on any atom is -0.394 e. The summed E-state index contributed by atoms with van der Waals surface area (Å²) in [4.78, 5) is 18.1. The van der Waals surface area contributed by atoms with Crippen LogP contribution in [0.25, 0.3) is 10.9 Å². The van der Waals surface area contributed by atoms with Crippen LogP contribution in [-0.4, -0.2) is 34.0 Å². The van der Waals surface area contributed by atoms with Gasteiger partial charge in [-0.1, -0.05) is 42.5 Å². The molecule has 2 N–H and O–H groups in total. The van der Waals surface area contributed by atoms with Crippen molar-refractivity contribution in [3.05, 3.63) is 70.9 Å². The largest absolute Gasteiger partial charge is 0.394 e. The third-order valence-electron chi connectivity index (χ3n) is 5.26. The molecule has 0 spiro atoms. The van der Waals surface area contributed by atoms with Crippen LogP contribution in [0, 0.1) is 6.92 Å². The van der Waals surface area contributed by atoms with Gasteiger partial charge in [0.15, 0.2) is 0 Å². The second-order valence-corrected chi connectivity index (χ2v) is 6.72. The number of H-pyrrole nitrogens is 1. The van der Waals surface area contributed by atoms with E-state index in [9.17, 15) is 9.90 Å². The molecule has 1 atom stereocenters. The van der Waals surface area contributed by atoms with Gasteiger partial charge < -0.3 is 15.0 Å². The van der Waals surface area contributed by atoms with E-state index in [0.717, 1.165) is 28.5 Å². The van der Waals surface area contributed by atoms with Crippen LogP contribution < -0.4 is 0 Å². The molecule has 1 aromatic heterocycles. The van der Waals surface area contributed by atoms with E-state index in [0.29, 0.717) is 13.0 Å². The molecule has 4 rings (SSSR count). The second-order valence-electron chi connectivity index (χ2n) is 6.72. The smallest absolute Gasteiger partial charge is 0.227 e. The summed E-state index contributed by atoms with van der Waals surface area (Å²) in [6.45, 7) is 2.67. The molecular formula is C21H22N2O2. The number of hydrogen-bond acceptors (Lipinski definition) is 2. The Balaban J connectivity index is 1.61. The number of carbonyl (C=O) groups is 1. The number of benzene rings is 2. The summed E-state index contributed by atoms with van der Waals surface area (Å²) in [5.74, 6) is 0.0657. The Morgan fingerprint density at radius 2 is 2.08 bits per heavy atom. The average molecular weight is 334 g/mol. The van der Waals surface area contributed by atoms with Gasteiger partial charge in [0.1, 0.15) is 0 Å².